The highest BCUT2D eigenvalue weighted by molar-refractivity contribution is 9.10. The molecular weight excluding hydrogens is 246 g/mol. The molecule has 0 saturated heterocycles. The van der Waals surface area contributed by atoms with Gasteiger partial charge in [0.25, 0.3) is 0 Å². The highest BCUT2D eigenvalue weighted by Crippen LogP contribution is 2.38. The Labute approximate surface area is 90.8 Å². The number of carbonyl (C=O) groups excluding carboxylic acids is 1. The van der Waals surface area contributed by atoms with Gasteiger partial charge in [-0.2, -0.15) is 0 Å². The van der Waals surface area contributed by atoms with Crippen molar-refractivity contribution in [3.8, 4) is 0 Å². The van der Waals surface area contributed by atoms with E-state index < -0.39 is 0 Å². The van der Waals surface area contributed by atoms with Crippen molar-refractivity contribution in [1.82, 2.24) is 15.0 Å². The zero-order valence-electron chi connectivity index (χ0n) is 8.20. The summed E-state index contributed by atoms with van der Waals surface area (Å²) in [5.41, 5.74) is 1.04. The van der Waals surface area contributed by atoms with Crippen molar-refractivity contribution in [3.63, 3.8) is 0 Å². The SMILES string of the molecule is CC1C(=O)CCC1c1c(Br)nnn1C. The lowest BCUT2D eigenvalue weighted by Gasteiger charge is -2.13. The highest BCUT2D eigenvalue weighted by atomic mass is 79.9. The minimum atomic E-state index is 0.100. The number of nitrogens with zero attached hydrogens (tertiary/aromatic N) is 3. The summed E-state index contributed by atoms with van der Waals surface area (Å²) in [4.78, 5) is 11.4. The Balaban J connectivity index is 2.36. The molecule has 2 rings (SSSR count). The van der Waals surface area contributed by atoms with Gasteiger partial charge >= 0.3 is 0 Å². The fraction of sp³-hybridized carbons (Fsp3) is 0.667. The summed E-state index contributed by atoms with van der Waals surface area (Å²) in [6, 6.07) is 0. The standard InChI is InChI=1S/C9H12BrN3O/c1-5-6(3-4-7(5)14)8-9(10)11-12-13(8)2/h5-6H,3-4H2,1-2H3. The second-order valence-corrected chi connectivity index (χ2v) is 4.54. The van der Waals surface area contributed by atoms with E-state index in [0.717, 1.165) is 16.7 Å². The van der Waals surface area contributed by atoms with E-state index in [1.54, 1.807) is 4.68 Å². The largest absolute Gasteiger partial charge is 0.299 e. The smallest absolute Gasteiger partial charge is 0.151 e. The average molecular weight is 258 g/mol. The third-order valence-corrected chi connectivity index (χ3v) is 3.56. The van der Waals surface area contributed by atoms with Gasteiger partial charge in [-0.05, 0) is 22.4 Å². The van der Waals surface area contributed by atoms with Gasteiger partial charge in [-0.25, -0.2) is 0 Å². The van der Waals surface area contributed by atoms with Crippen LogP contribution in [0.3, 0.4) is 0 Å². The van der Waals surface area contributed by atoms with Crippen molar-refractivity contribution in [2.45, 2.75) is 25.7 Å². The number of Topliss-reactive ketones (excluding diaryl/α,β-unsaturated/α-hetero) is 1. The first-order valence-electron chi connectivity index (χ1n) is 4.69. The molecule has 1 saturated carbocycles. The van der Waals surface area contributed by atoms with E-state index >= 15 is 0 Å². The van der Waals surface area contributed by atoms with Crippen molar-refractivity contribution in [2.75, 3.05) is 0 Å². The van der Waals surface area contributed by atoms with Crippen LogP contribution >= 0.6 is 15.9 Å². The Morgan fingerprint density at radius 1 is 1.57 bits per heavy atom. The highest BCUT2D eigenvalue weighted by Gasteiger charge is 2.35. The van der Waals surface area contributed by atoms with Gasteiger partial charge in [0.1, 0.15) is 5.78 Å². The van der Waals surface area contributed by atoms with E-state index in [1.165, 1.54) is 0 Å². The van der Waals surface area contributed by atoms with E-state index in [2.05, 4.69) is 26.2 Å². The van der Waals surface area contributed by atoms with Gasteiger partial charge in [0.15, 0.2) is 4.60 Å². The van der Waals surface area contributed by atoms with Gasteiger partial charge in [-0.15, -0.1) is 5.10 Å². The lowest BCUT2D eigenvalue weighted by atomic mass is 9.95. The summed E-state index contributed by atoms with van der Waals surface area (Å²) < 4.78 is 2.52. The summed E-state index contributed by atoms with van der Waals surface area (Å²) in [6.07, 6.45) is 1.60. The zero-order valence-corrected chi connectivity index (χ0v) is 9.78. The maximum Gasteiger partial charge on any atom is 0.151 e. The maximum absolute atomic E-state index is 11.4. The summed E-state index contributed by atoms with van der Waals surface area (Å²) in [5.74, 6) is 0.725. The third kappa shape index (κ3) is 1.39. The van der Waals surface area contributed by atoms with Crippen molar-refractivity contribution in [1.29, 1.82) is 0 Å². The fourth-order valence-electron chi connectivity index (χ4n) is 2.11. The number of aryl methyl sites for hydroxylation is 1. The summed E-state index contributed by atoms with van der Waals surface area (Å²) in [7, 11) is 1.86. The first kappa shape index (κ1) is 9.83. The van der Waals surface area contributed by atoms with Crippen LogP contribution in [0.15, 0.2) is 4.60 Å². The Bertz CT molecular complexity index is 355. The molecule has 0 aromatic carbocycles. The van der Waals surface area contributed by atoms with Crippen LogP contribution in [0, 0.1) is 5.92 Å². The minimum absolute atomic E-state index is 0.100. The second-order valence-electron chi connectivity index (χ2n) is 3.79. The maximum atomic E-state index is 11.4. The molecule has 1 aliphatic carbocycles. The summed E-state index contributed by atoms with van der Waals surface area (Å²) in [6.45, 7) is 1.99. The Morgan fingerprint density at radius 3 is 2.71 bits per heavy atom. The van der Waals surface area contributed by atoms with Gasteiger partial charge in [-0.1, -0.05) is 12.1 Å². The molecule has 0 radical (unpaired) electrons. The molecule has 0 bridgehead atoms. The molecule has 76 valence electrons. The van der Waals surface area contributed by atoms with Crippen LogP contribution in [0.4, 0.5) is 0 Å². The van der Waals surface area contributed by atoms with E-state index in [4.69, 9.17) is 0 Å². The van der Waals surface area contributed by atoms with Crippen LogP contribution in [-0.4, -0.2) is 20.8 Å². The molecule has 1 aromatic heterocycles. The molecule has 0 spiro atoms. The van der Waals surface area contributed by atoms with Crippen LogP contribution < -0.4 is 0 Å². The first-order chi connectivity index (χ1) is 6.61. The zero-order chi connectivity index (χ0) is 10.3. The van der Waals surface area contributed by atoms with Crippen molar-refractivity contribution in [2.24, 2.45) is 13.0 Å². The van der Waals surface area contributed by atoms with Gasteiger partial charge in [-0.3, -0.25) is 9.48 Å². The topological polar surface area (TPSA) is 47.8 Å². The minimum Gasteiger partial charge on any atom is -0.299 e. The fourth-order valence-corrected chi connectivity index (χ4v) is 2.73. The van der Waals surface area contributed by atoms with Gasteiger partial charge < -0.3 is 0 Å². The second kappa shape index (κ2) is 3.46. The molecule has 4 nitrogen and oxygen atoms in total. The number of ketones is 1. The molecule has 0 aliphatic heterocycles. The predicted octanol–water partition coefficient (Wildman–Crippen LogP) is 1.66. The Morgan fingerprint density at radius 2 is 2.29 bits per heavy atom. The van der Waals surface area contributed by atoms with Crippen molar-refractivity contribution < 1.29 is 4.79 Å². The van der Waals surface area contributed by atoms with Crippen molar-refractivity contribution in [3.05, 3.63) is 10.3 Å². The number of hydrogen-bond acceptors (Lipinski definition) is 3. The molecule has 1 fully saturated rings. The van der Waals surface area contributed by atoms with Crippen LogP contribution in [0.1, 0.15) is 31.4 Å². The van der Waals surface area contributed by atoms with Gasteiger partial charge in [0.05, 0.1) is 5.69 Å². The Kier molecular flexibility index (Phi) is 2.43. The lowest BCUT2D eigenvalue weighted by Crippen LogP contribution is -2.12. The van der Waals surface area contributed by atoms with E-state index in [1.807, 2.05) is 14.0 Å². The number of aromatic nitrogens is 3. The number of rotatable bonds is 1. The van der Waals surface area contributed by atoms with E-state index in [9.17, 15) is 4.79 Å². The van der Waals surface area contributed by atoms with Gasteiger partial charge in [0, 0.05) is 25.3 Å². The predicted molar refractivity (Wildman–Crippen MR) is 54.8 cm³/mol. The summed E-state index contributed by atoms with van der Waals surface area (Å²) in [5, 5.41) is 7.87. The normalized spacial score (nSPS) is 27.2. The molecule has 0 amide bonds. The number of hydrogen-bond donors (Lipinski definition) is 0. The lowest BCUT2D eigenvalue weighted by molar-refractivity contribution is -0.120. The molecule has 1 aliphatic rings. The molecular formula is C9H12BrN3O. The quantitative estimate of drug-likeness (QED) is 0.769. The van der Waals surface area contributed by atoms with Crippen LogP contribution in [-0.2, 0) is 11.8 Å². The van der Waals surface area contributed by atoms with E-state index in [-0.39, 0.29) is 11.8 Å². The third-order valence-electron chi connectivity index (χ3n) is 2.99. The molecule has 2 unspecified atom stereocenters. The van der Waals surface area contributed by atoms with Gasteiger partial charge in [0.2, 0.25) is 0 Å². The molecule has 0 N–H and O–H groups in total. The number of carbonyl (C=O) groups is 1. The molecule has 2 atom stereocenters. The molecule has 1 aromatic rings. The van der Waals surface area contributed by atoms with Crippen LogP contribution in [0.25, 0.3) is 0 Å². The van der Waals surface area contributed by atoms with Crippen molar-refractivity contribution >= 4 is 21.7 Å². The first-order valence-corrected chi connectivity index (χ1v) is 5.48. The molecule has 5 heteroatoms. The summed E-state index contributed by atoms with van der Waals surface area (Å²) >= 11 is 3.37. The van der Waals surface area contributed by atoms with Crippen LogP contribution in [0.5, 0.6) is 0 Å². The number of halogens is 1. The molecule has 14 heavy (non-hydrogen) atoms. The average Bonchev–Trinajstić information content (AvgIpc) is 2.62. The Hall–Kier alpha value is -0.710. The molecule has 1 heterocycles. The van der Waals surface area contributed by atoms with E-state index in [0.29, 0.717) is 12.2 Å². The monoisotopic (exact) mass is 257 g/mol. The van der Waals surface area contributed by atoms with Crippen LogP contribution in [0.2, 0.25) is 0 Å².